The molecule has 0 saturated carbocycles. The first-order valence-corrected chi connectivity index (χ1v) is 13.4. The van der Waals surface area contributed by atoms with Gasteiger partial charge in [-0.1, -0.05) is 30.7 Å². The Bertz CT molecular complexity index is 1290. The molecule has 1 aliphatic heterocycles. The Kier molecular flexibility index (Phi) is 8.34. The lowest BCUT2D eigenvalue weighted by molar-refractivity contribution is -0.274. The van der Waals surface area contributed by atoms with Gasteiger partial charge in [0.2, 0.25) is 0 Å². The van der Waals surface area contributed by atoms with Gasteiger partial charge in [-0.05, 0) is 84.7 Å². The SMILES string of the molecule is CC[C@@H](Oc1cccc(CN2c3ccc(OC(F)(F)F)cc3C([S+]([O-])c3ccc(Cl)cc3)C2C)c1)C(=O)O. The average molecular weight is 568 g/mol. The van der Waals surface area contributed by atoms with Gasteiger partial charge in [0.1, 0.15) is 11.5 Å². The van der Waals surface area contributed by atoms with Crippen LogP contribution < -0.4 is 14.4 Å². The molecule has 0 aliphatic carbocycles. The number of hydrogen-bond acceptors (Lipinski definition) is 5. The summed E-state index contributed by atoms with van der Waals surface area (Å²) in [6.45, 7) is 3.90. The number of aliphatic carboxylic acids is 1. The number of benzene rings is 3. The molecule has 0 spiro atoms. The molecule has 0 aromatic heterocycles. The average Bonchev–Trinajstić information content (AvgIpc) is 3.12. The van der Waals surface area contributed by atoms with Gasteiger partial charge in [0, 0.05) is 22.8 Å². The number of hydrogen-bond donors (Lipinski definition) is 1. The van der Waals surface area contributed by atoms with Gasteiger partial charge < -0.3 is 24.0 Å². The molecule has 3 aromatic carbocycles. The zero-order valence-electron chi connectivity index (χ0n) is 20.4. The summed E-state index contributed by atoms with van der Waals surface area (Å²) in [5, 5.41) is 9.13. The number of ether oxygens (including phenoxy) is 2. The van der Waals surface area contributed by atoms with Crippen LogP contribution >= 0.6 is 11.6 Å². The molecule has 11 heteroatoms. The maximum Gasteiger partial charge on any atom is 0.573 e. The zero-order chi connectivity index (χ0) is 27.6. The predicted molar refractivity (Wildman–Crippen MR) is 138 cm³/mol. The molecule has 0 radical (unpaired) electrons. The minimum Gasteiger partial charge on any atom is -0.611 e. The highest BCUT2D eigenvalue weighted by molar-refractivity contribution is 7.91. The van der Waals surface area contributed by atoms with E-state index in [1.54, 1.807) is 49.4 Å². The van der Waals surface area contributed by atoms with Crippen LogP contribution in [0.25, 0.3) is 0 Å². The Labute approximate surface area is 226 Å². The van der Waals surface area contributed by atoms with Crippen molar-refractivity contribution in [1.82, 2.24) is 0 Å². The number of carboxylic acids is 1. The fourth-order valence-electron chi connectivity index (χ4n) is 4.49. The zero-order valence-corrected chi connectivity index (χ0v) is 22.0. The van der Waals surface area contributed by atoms with Crippen LogP contribution in [0.4, 0.5) is 18.9 Å². The molecule has 202 valence electrons. The summed E-state index contributed by atoms with van der Waals surface area (Å²) in [6.07, 6.45) is -5.57. The number of fused-ring (bicyclic) bond motifs is 1. The summed E-state index contributed by atoms with van der Waals surface area (Å²) in [7, 11) is 0. The van der Waals surface area contributed by atoms with Crippen molar-refractivity contribution in [2.45, 2.75) is 55.5 Å². The molecule has 1 N–H and O–H groups in total. The van der Waals surface area contributed by atoms with Crippen LogP contribution in [0.2, 0.25) is 5.02 Å². The van der Waals surface area contributed by atoms with E-state index in [9.17, 15) is 27.6 Å². The molecule has 0 saturated heterocycles. The van der Waals surface area contributed by atoms with Crippen molar-refractivity contribution in [1.29, 1.82) is 0 Å². The van der Waals surface area contributed by atoms with E-state index >= 15 is 0 Å². The van der Waals surface area contributed by atoms with Crippen LogP contribution in [0.15, 0.2) is 71.6 Å². The highest BCUT2D eigenvalue weighted by atomic mass is 35.5. The number of anilines is 1. The van der Waals surface area contributed by atoms with E-state index in [0.29, 0.717) is 33.5 Å². The molecule has 0 amide bonds. The second-order valence-electron chi connectivity index (χ2n) is 8.81. The minimum absolute atomic E-state index is 0.288. The lowest BCUT2D eigenvalue weighted by Gasteiger charge is -2.28. The predicted octanol–water partition coefficient (Wildman–Crippen LogP) is 6.74. The van der Waals surface area contributed by atoms with Gasteiger partial charge in [0.25, 0.3) is 0 Å². The van der Waals surface area contributed by atoms with Crippen LogP contribution in [0, 0.1) is 0 Å². The van der Waals surface area contributed by atoms with Gasteiger partial charge in [-0.25, -0.2) is 4.79 Å². The van der Waals surface area contributed by atoms with E-state index in [1.165, 1.54) is 18.2 Å². The number of nitrogens with zero attached hydrogens (tertiary/aromatic N) is 1. The van der Waals surface area contributed by atoms with E-state index in [4.69, 9.17) is 16.3 Å². The lowest BCUT2D eigenvalue weighted by atomic mass is 10.1. The van der Waals surface area contributed by atoms with E-state index < -0.39 is 40.6 Å². The highest BCUT2D eigenvalue weighted by Gasteiger charge is 2.45. The number of halogens is 4. The van der Waals surface area contributed by atoms with E-state index in [-0.39, 0.29) is 12.5 Å². The number of carbonyl (C=O) groups is 1. The van der Waals surface area contributed by atoms with Gasteiger partial charge in [-0.3, -0.25) is 0 Å². The summed E-state index contributed by atoms with van der Waals surface area (Å²) >= 11 is 4.36. The van der Waals surface area contributed by atoms with E-state index in [1.807, 2.05) is 17.9 Å². The Morgan fingerprint density at radius 1 is 1.13 bits per heavy atom. The fourth-order valence-corrected chi connectivity index (χ4v) is 6.23. The second kappa shape index (κ2) is 11.3. The molecule has 38 heavy (non-hydrogen) atoms. The van der Waals surface area contributed by atoms with Crippen molar-refractivity contribution in [3.8, 4) is 11.5 Å². The lowest BCUT2D eigenvalue weighted by Crippen LogP contribution is -2.34. The summed E-state index contributed by atoms with van der Waals surface area (Å²) in [6, 6.07) is 17.2. The van der Waals surface area contributed by atoms with Crippen molar-refractivity contribution >= 4 is 34.4 Å². The molecular weight excluding hydrogens is 543 g/mol. The van der Waals surface area contributed by atoms with E-state index in [2.05, 4.69) is 4.74 Å². The molecule has 4 rings (SSSR count). The van der Waals surface area contributed by atoms with Crippen molar-refractivity contribution in [2.24, 2.45) is 0 Å². The maximum absolute atomic E-state index is 13.7. The monoisotopic (exact) mass is 567 g/mol. The van der Waals surface area contributed by atoms with Crippen LogP contribution in [0.1, 0.15) is 36.6 Å². The molecule has 0 fully saturated rings. The van der Waals surface area contributed by atoms with Crippen LogP contribution in [-0.4, -0.2) is 34.1 Å². The van der Waals surface area contributed by atoms with Crippen molar-refractivity contribution in [3.63, 3.8) is 0 Å². The third-order valence-electron chi connectivity index (χ3n) is 6.23. The van der Waals surface area contributed by atoms with Crippen molar-refractivity contribution in [2.75, 3.05) is 4.90 Å². The number of alkyl halides is 3. The largest absolute Gasteiger partial charge is 0.611 e. The summed E-state index contributed by atoms with van der Waals surface area (Å²) in [5.41, 5.74) is 1.88. The number of carboxylic acid groups (broad SMARTS) is 1. The third-order valence-corrected chi connectivity index (χ3v) is 8.33. The van der Waals surface area contributed by atoms with E-state index in [0.717, 1.165) is 5.56 Å². The van der Waals surface area contributed by atoms with Gasteiger partial charge in [0.05, 0.1) is 6.04 Å². The molecule has 3 aromatic rings. The summed E-state index contributed by atoms with van der Waals surface area (Å²) in [4.78, 5) is 13.8. The molecule has 1 heterocycles. The minimum atomic E-state index is -4.87. The molecule has 3 unspecified atom stereocenters. The normalized spacial score (nSPS) is 18.6. The van der Waals surface area contributed by atoms with Crippen molar-refractivity contribution < 1.29 is 37.1 Å². The molecule has 1 aliphatic rings. The molecule has 4 atom stereocenters. The highest BCUT2D eigenvalue weighted by Crippen LogP contribution is 2.48. The first-order valence-electron chi connectivity index (χ1n) is 11.8. The maximum atomic E-state index is 13.7. The first kappa shape index (κ1) is 27.9. The quantitative estimate of drug-likeness (QED) is 0.288. The van der Waals surface area contributed by atoms with Crippen LogP contribution in [-0.2, 0) is 22.5 Å². The van der Waals surface area contributed by atoms with Crippen LogP contribution in [0.5, 0.6) is 11.5 Å². The molecule has 0 bridgehead atoms. The smallest absolute Gasteiger partial charge is 0.573 e. The van der Waals surface area contributed by atoms with Crippen LogP contribution in [0.3, 0.4) is 0 Å². The Morgan fingerprint density at radius 2 is 1.84 bits per heavy atom. The summed E-state index contributed by atoms with van der Waals surface area (Å²) in [5.74, 6) is -1.07. The Hall–Kier alpha value is -3.08. The standard InChI is InChI=1S/C27H25ClF3NO5S/c1-3-24(26(33)34)36-19-6-4-5-17(13-19)15-32-16(2)25(38(35)21-10-7-18(28)8-11-21)22-14-20(9-12-23(22)32)37-27(29,30)31/h4-14,16,24-25H,3,15H2,1-2H3,(H,33,34)/t16?,24-,25?,38?/m1/s1. The molecular formula is C27H25ClF3NO5S. The fraction of sp³-hybridized carbons (Fsp3) is 0.296. The Morgan fingerprint density at radius 3 is 2.47 bits per heavy atom. The van der Waals surface area contributed by atoms with Gasteiger partial charge in [-0.2, -0.15) is 0 Å². The topological polar surface area (TPSA) is 82.1 Å². The van der Waals surface area contributed by atoms with Gasteiger partial charge in [-0.15, -0.1) is 13.2 Å². The third kappa shape index (κ3) is 6.31. The van der Waals surface area contributed by atoms with Crippen molar-refractivity contribution in [3.05, 3.63) is 82.9 Å². The second-order valence-corrected chi connectivity index (χ2v) is 10.8. The Balaban J connectivity index is 1.68. The van der Waals surface area contributed by atoms with Gasteiger partial charge in [0.15, 0.2) is 16.2 Å². The summed E-state index contributed by atoms with van der Waals surface area (Å²) < 4.78 is 62.3. The molecule has 6 nitrogen and oxygen atoms in total. The van der Waals surface area contributed by atoms with Gasteiger partial charge >= 0.3 is 12.3 Å². The number of rotatable bonds is 9. The first-order chi connectivity index (χ1) is 18.0.